The summed E-state index contributed by atoms with van der Waals surface area (Å²) in [6.45, 7) is 0. The van der Waals surface area contributed by atoms with Gasteiger partial charge in [-0.2, -0.15) is 0 Å². The van der Waals surface area contributed by atoms with Crippen molar-refractivity contribution in [1.29, 1.82) is 0 Å². The Labute approximate surface area is 138 Å². The fraction of sp³-hybridized carbons (Fsp3) is 0. The average molecular weight is 398 g/mol. The average Bonchev–Trinajstić information content (AvgIpc) is 2.08. The molecule has 8 heteroatoms. The molecule has 0 aliphatic carbocycles. The van der Waals surface area contributed by atoms with Gasteiger partial charge >= 0.3 is 0 Å². The first-order valence-electron chi connectivity index (χ1n) is 2.84. The summed E-state index contributed by atoms with van der Waals surface area (Å²) in [6.07, 6.45) is 0. The van der Waals surface area contributed by atoms with E-state index in [9.17, 15) is 0 Å². The van der Waals surface area contributed by atoms with Crippen LogP contribution in [0.25, 0.3) is 0 Å². The second-order valence-corrected chi connectivity index (χ2v) is 4.77. The van der Waals surface area contributed by atoms with Gasteiger partial charge in [0.05, 0.1) is 0 Å². The molecule has 0 spiro atoms. The van der Waals surface area contributed by atoms with Crippen molar-refractivity contribution in [2.75, 3.05) is 0 Å². The van der Waals surface area contributed by atoms with Gasteiger partial charge in [-0.25, -0.2) is 0 Å². The Hall–Kier alpha value is 2.36. The molecule has 0 bridgehead atoms. The van der Waals surface area contributed by atoms with Gasteiger partial charge in [-0.15, -0.1) is 75.8 Å². The van der Waals surface area contributed by atoms with E-state index in [1.165, 1.54) is 0 Å². The van der Waals surface area contributed by atoms with Crippen molar-refractivity contribution in [1.82, 2.24) is 0 Å². The Morgan fingerprint density at radius 2 is 0.429 bits per heavy atom. The van der Waals surface area contributed by atoms with Crippen molar-refractivity contribution in [2.24, 2.45) is 0 Å². The van der Waals surface area contributed by atoms with Gasteiger partial charge in [-0.1, -0.05) is 0 Å². The van der Waals surface area contributed by atoms with Gasteiger partial charge in [0.25, 0.3) is 0 Å². The summed E-state index contributed by atoms with van der Waals surface area (Å²) in [5.41, 5.74) is 0. The topological polar surface area (TPSA) is 0 Å². The Balaban J connectivity index is 0. The quantitative estimate of drug-likeness (QED) is 0.281. The van der Waals surface area contributed by atoms with E-state index < -0.39 is 0 Å². The molecule has 88 valence electrons. The molecule has 0 aromatic heterocycles. The number of rotatable bonds is 0. The van der Waals surface area contributed by atoms with Crippen molar-refractivity contribution >= 4 is 75.8 Å². The third-order valence-corrected chi connectivity index (χ3v) is 5.09. The minimum Gasteiger partial charge on any atom is -0.141 e. The monoisotopic (exact) mass is 396 g/mol. The number of hydrogen-bond acceptors (Lipinski definition) is 6. The van der Waals surface area contributed by atoms with Crippen LogP contribution in [0, 0.1) is 0 Å². The zero-order valence-electron chi connectivity index (χ0n) is 6.29. The Morgan fingerprint density at radius 3 is 0.500 bits per heavy atom. The normalized spacial score (nSPS) is 9.00. The Bertz CT molecular complexity index is 235. The third kappa shape index (κ3) is 3.69. The summed E-state index contributed by atoms with van der Waals surface area (Å²) in [7, 11) is 0. The molecule has 1 rings (SSSR count). The van der Waals surface area contributed by atoms with Gasteiger partial charge in [-0.3, -0.25) is 0 Å². The van der Waals surface area contributed by atoms with E-state index in [1.807, 2.05) is 0 Å². The molecule has 0 aliphatic heterocycles. The molecule has 0 saturated heterocycles. The molecule has 2 radical (unpaired) electrons. The predicted molar refractivity (Wildman–Crippen MR) is 70.0 cm³/mol. The van der Waals surface area contributed by atoms with Gasteiger partial charge in [0.15, 0.2) is 0 Å². The summed E-state index contributed by atoms with van der Waals surface area (Å²) in [5, 5.41) is 0. The molecule has 0 atom stereocenters. The van der Waals surface area contributed by atoms with Gasteiger partial charge in [0.1, 0.15) is 0 Å². The van der Waals surface area contributed by atoms with Crippen LogP contribution in [-0.2, 0) is 34.1 Å². The smallest absolute Gasteiger partial charge is 0.0331 e. The van der Waals surface area contributed by atoms with Crippen molar-refractivity contribution in [3.05, 3.63) is 0 Å². The molecule has 0 aliphatic rings. The Morgan fingerprint density at radius 1 is 0.357 bits per heavy atom. The third-order valence-electron chi connectivity index (χ3n) is 1.35. The molecule has 0 N–H and O–H groups in total. The van der Waals surface area contributed by atoms with Crippen molar-refractivity contribution in [3.63, 3.8) is 0 Å². The molecule has 0 unspecified atom stereocenters. The summed E-state index contributed by atoms with van der Waals surface area (Å²) >= 11 is 25.3. The molecule has 0 heterocycles. The van der Waals surface area contributed by atoms with Crippen LogP contribution in [0.1, 0.15) is 0 Å². The minimum absolute atomic E-state index is 0. The second-order valence-electron chi connectivity index (χ2n) is 2.09. The zero-order chi connectivity index (χ0) is 9.46. The molecule has 1 aromatic rings. The first-order chi connectivity index (χ1) is 5.46. The van der Waals surface area contributed by atoms with E-state index in [4.69, 9.17) is 0 Å². The first kappa shape index (κ1) is 18.7. The molecule has 14 heavy (non-hydrogen) atoms. The van der Waals surface area contributed by atoms with E-state index in [1.54, 1.807) is 0 Å². The first-order valence-corrected chi connectivity index (χ1v) is 5.52. The summed E-state index contributed by atoms with van der Waals surface area (Å²) in [4.78, 5) is 4.05. The van der Waals surface area contributed by atoms with Crippen LogP contribution >= 0.6 is 75.8 Å². The van der Waals surface area contributed by atoms with Crippen molar-refractivity contribution in [2.45, 2.75) is 29.4 Å². The van der Waals surface area contributed by atoms with Gasteiger partial charge in [0.2, 0.25) is 0 Å². The maximum atomic E-state index is 4.21. The molecule has 0 fully saturated rings. The number of hydrogen-bond donors (Lipinski definition) is 6. The van der Waals surface area contributed by atoms with E-state index in [2.05, 4.69) is 75.8 Å². The van der Waals surface area contributed by atoms with Crippen LogP contribution in [0.5, 0.6) is 0 Å². The van der Waals surface area contributed by atoms with E-state index in [-0.39, 0.29) is 34.1 Å². The van der Waals surface area contributed by atoms with Crippen LogP contribution in [0.15, 0.2) is 29.4 Å². The molecular formula is C6H6Cu2S6. The van der Waals surface area contributed by atoms with Gasteiger partial charge < -0.3 is 0 Å². The van der Waals surface area contributed by atoms with Crippen LogP contribution in [-0.4, -0.2) is 0 Å². The zero-order valence-corrected chi connectivity index (χ0v) is 13.5. The second kappa shape index (κ2) is 7.64. The fourth-order valence-electron chi connectivity index (χ4n) is 0.673. The van der Waals surface area contributed by atoms with Crippen molar-refractivity contribution in [3.8, 4) is 0 Å². The molecule has 0 saturated carbocycles. The fourth-order valence-corrected chi connectivity index (χ4v) is 2.54. The minimum atomic E-state index is 0. The molecular weight excluding hydrogens is 392 g/mol. The van der Waals surface area contributed by atoms with E-state index in [0.29, 0.717) is 29.4 Å². The maximum Gasteiger partial charge on any atom is 0.0331 e. The number of benzene rings is 1. The molecule has 0 amide bonds. The van der Waals surface area contributed by atoms with E-state index >= 15 is 0 Å². The Kier molecular flexibility index (Phi) is 10.2. The largest absolute Gasteiger partial charge is 0.141 e. The number of thiol groups is 6. The predicted octanol–water partition coefficient (Wildman–Crippen LogP) is 3.41. The standard InChI is InChI=1S/C6H6S6.2Cu/c7-1-2(8)4(10)6(12)5(11)3(1)9;;/h7-12H;;. The van der Waals surface area contributed by atoms with Crippen LogP contribution in [0.4, 0.5) is 0 Å². The van der Waals surface area contributed by atoms with E-state index in [0.717, 1.165) is 0 Å². The summed E-state index contributed by atoms with van der Waals surface area (Å²) < 4.78 is 0. The maximum absolute atomic E-state index is 4.21. The van der Waals surface area contributed by atoms with Crippen LogP contribution in [0.2, 0.25) is 0 Å². The summed E-state index contributed by atoms with van der Waals surface area (Å²) in [5.74, 6) is 0. The van der Waals surface area contributed by atoms with Gasteiger partial charge in [-0.05, 0) is 0 Å². The van der Waals surface area contributed by atoms with Crippen LogP contribution in [0.3, 0.4) is 0 Å². The molecule has 0 nitrogen and oxygen atoms in total. The van der Waals surface area contributed by atoms with Gasteiger partial charge in [0, 0.05) is 63.5 Å². The van der Waals surface area contributed by atoms with Crippen molar-refractivity contribution < 1.29 is 34.1 Å². The summed E-state index contributed by atoms with van der Waals surface area (Å²) in [6, 6.07) is 0. The van der Waals surface area contributed by atoms with Crippen LogP contribution < -0.4 is 0 Å². The SMILES string of the molecule is Sc1c(S)c(S)c(S)c(S)c1S.[Cu].[Cu]. The molecule has 1 aromatic carbocycles.